The van der Waals surface area contributed by atoms with Crippen molar-refractivity contribution in [2.75, 3.05) is 31.6 Å². The van der Waals surface area contributed by atoms with Crippen molar-refractivity contribution in [3.8, 4) is 0 Å². The summed E-state index contributed by atoms with van der Waals surface area (Å²) in [6.07, 6.45) is 3.75. The van der Waals surface area contributed by atoms with Crippen molar-refractivity contribution in [2.45, 2.75) is 32.3 Å². The van der Waals surface area contributed by atoms with Crippen LogP contribution in [0.3, 0.4) is 0 Å². The van der Waals surface area contributed by atoms with E-state index in [0.717, 1.165) is 61.5 Å². The van der Waals surface area contributed by atoms with E-state index in [4.69, 9.17) is 4.74 Å². The zero-order valence-corrected chi connectivity index (χ0v) is 13.0. The Labute approximate surface area is 123 Å². The van der Waals surface area contributed by atoms with Crippen LogP contribution < -0.4 is 10.6 Å². The predicted molar refractivity (Wildman–Crippen MR) is 81.6 cm³/mol. The van der Waals surface area contributed by atoms with Gasteiger partial charge in [0.15, 0.2) is 0 Å². The molecule has 0 amide bonds. The maximum Gasteiger partial charge on any atom is 0.126 e. The molecular formula is C14H22BrN3O. The van der Waals surface area contributed by atoms with Crippen LogP contribution in [-0.4, -0.2) is 37.3 Å². The van der Waals surface area contributed by atoms with E-state index in [2.05, 4.69) is 31.5 Å². The maximum absolute atomic E-state index is 5.86. The van der Waals surface area contributed by atoms with Crippen LogP contribution in [-0.2, 0) is 4.74 Å². The van der Waals surface area contributed by atoms with Gasteiger partial charge in [0, 0.05) is 17.6 Å². The SMILES string of the molecule is Cc1nc(NCCCOC2CCNCC2)ccc1Br. The molecule has 0 aliphatic carbocycles. The fourth-order valence-corrected chi connectivity index (χ4v) is 2.36. The predicted octanol–water partition coefficient (Wildman–Crippen LogP) is 2.72. The van der Waals surface area contributed by atoms with E-state index in [1.165, 1.54) is 0 Å². The Morgan fingerprint density at radius 2 is 2.21 bits per heavy atom. The van der Waals surface area contributed by atoms with Gasteiger partial charge in [-0.1, -0.05) is 0 Å². The number of aryl methyl sites for hydroxylation is 1. The highest BCUT2D eigenvalue weighted by molar-refractivity contribution is 9.10. The number of halogens is 1. The smallest absolute Gasteiger partial charge is 0.126 e. The zero-order chi connectivity index (χ0) is 13.5. The van der Waals surface area contributed by atoms with Crippen molar-refractivity contribution in [3.05, 3.63) is 22.3 Å². The van der Waals surface area contributed by atoms with Crippen molar-refractivity contribution in [1.29, 1.82) is 0 Å². The quantitative estimate of drug-likeness (QED) is 0.789. The summed E-state index contributed by atoms with van der Waals surface area (Å²) in [5.74, 6) is 0.933. The average molecular weight is 328 g/mol. The second-order valence-electron chi connectivity index (χ2n) is 4.86. The van der Waals surface area contributed by atoms with Gasteiger partial charge < -0.3 is 15.4 Å². The second kappa shape index (κ2) is 7.82. The molecule has 0 atom stereocenters. The molecule has 1 fully saturated rings. The number of piperidine rings is 1. The Hall–Kier alpha value is -0.650. The van der Waals surface area contributed by atoms with Crippen LogP contribution in [0.5, 0.6) is 0 Å². The molecule has 0 spiro atoms. The third-order valence-corrected chi connectivity index (χ3v) is 4.13. The molecule has 1 aliphatic rings. The minimum Gasteiger partial charge on any atom is -0.378 e. The lowest BCUT2D eigenvalue weighted by atomic mass is 10.1. The van der Waals surface area contributed by atoms with Crippen LogP contribution in [0.2, 0.25) is 0 Å². The Morgan fingerprint density at radius 3 is 2.95 bits per heavy atom. The largest absolute Gasteiger partial charge is 0.378 e. The van der Waals surface area contributed by atoms with E-state index in [1.54, 1.807) is 0 Å². The number of hydrogen-bond acceptors (Lipinski definition) is 4. The molecule has 1 aromatic rings. The lowest BCUT2D eigenvalue weighted by molar-refractivity contribution is 0.0329. The molecular weight excluding hydrogens is 306 g/mol. The van der Waals surface area contributed by atoms with E-state index in [1.807, 2.05) is 19.1 Å². The number of nitrogens with zero attached hydrogens (tertiary/aromatic N) is 1. The number of anilines is 1. The Kier molecular flexibility index (Phi) is 6.07. The van der Waals surface area contributed by atoms with E-state index >= 15 is 0 Å². The normalized spacial score (nSPS) is 16.5. The van der Waals surface area contributed by atoms with Gasteiger partial charge in [0.1, 0.15) is 5.82 Å². The van der Waals surface area contributed by atoms with Gasteiger partial charge in [-0.15, -0.1) is 0 Å². The molecule has 1 aromatic heterocycles. The Bertz CT molecular complexity index is 394. The molecule has 2 heterocycles. The summed E-state index contributed by atoms with van der Waals surface area (Å²) < 4.78 is 6.90. The summed E-state index contributed by atoms with van der Waals surface area (Å²) >= 11 is 3.45. The molecule has 4 nitrogen and oxygen atoms in total. The molecule has 2 N–H and O–H groups in total. The number of rotatable bonds is 6. The van der Waals surface area contributed by atoms with E-state index in [9.17, 15) is 0 Å². The van der Waals surface area contributed by atoms with Gasteiger partial charge in [-0.05, 0) is 67.3 Å². The Balaban J connectivity index is 1.59. The van der Waals surface area contributed by atoms with Gasteiger partial charge >= 0.3 is 0 Å². The van der Waals surface area contributed by atoms with Gasteiger partial charge in [-0.25, -0.2) is 4.98 Å². The first-order valence-corrected chi connectivity index (χ1v) is 7.74. The fourth-order valence-electron chi connectivity index (χ4n) is 2.14. The molecule has 0 aromatic carbocycles. The fraction of sp³-hybridized carbons (Fsp3) is 0.643. The molecule has 0 unspecified atom stereocenters. The summed E-state index contributed by atoms with van der Waals surface area (Å²) in [4.78, 5) is 4.45. The minimum atomic E-state index is 0.453. The highest BCUT2D eigenvalue weighted by Gasteiger charge is 2.12. The van der Waals surface area contributed by atoms with Crippen molar-refractivity contribution >= 4 is 21.7 Å². The lowest BCUT2D eigenvalue weighted by Gasteiger charge is -2.22. The molecule has 1 saturated heterocycles. The van der Waals surface area contributed by atoms with Gasteiger partial charge in [0.2, 0.25) is 0 Å². The highest BCUT2D eigenvalue weighted by atomic mass is 79.9. The number of nitrogens with one attached hydrogen (secondary N) is 2. The van der Waals surface area contributed by atoms with Crippen LogP contribution >= 0.6 is 15.9 Å². The number of pyridine rings is 1. The lowest BCUT2D eigenvalue weighted by Crippen LogP contribution is -2.32. The van der Waals surface area contributed by atoms with E-state index in [0.29, 0.717) is 6.10 Å². The van der Waals surface area contributed by atoms with Crippen LogP contribution in [0.1, 0.15) is 25.0 Å². The van der Waals surface area contributed by atoms with Crippen molar-refractivity contribution in [3.63, 3.8) is 0 Å². The molecule has 5 heteroatoms. The van der Waals surface area contributed by atoms with Crippen LogP contribution in [0.4, 0.5) is 5.82 Å². The van der Waals surface area contributed by atoms with E-state index in [-0.39, 0.29) is 0 Å². The van der Waals surface area contributed by atoms with E-state index < -0.39 is 0 Å². The summed E-state index contributed by atoms with van der Waals surface area (Å²) in [6, 6.07) is 4.01. The van der Waals surface area contributed by atoms with Crippen LogP contribution in [0, 0.1) is 6.92 Å². The van der Waals surface area contributed by atoms with Gasteiger partial charge in [0.25, 0.3) is 0 Å². The number of aromatic nitrogens is 1. The van der Waals surface area contributed by atoms with Crippen LogP contribution in [0.25, 0.3) is 0 Å². The third-order valence-electron chi connectivity index (χ3n) is 3.29. The molecule has 106 valence electrons. The molecule has 2 rings (SSSR count). The average Bonchev–Trinajstić information content (AvgIpc) is 2.43. The monoisotopic (exact) mass is 327 g/mol. The first kappa shape index (κ1) is 14.8. The maximum atomic E-state index is 5.86. The zero-order valence-electron chi connectivity index (χ0n) is 11.4. The number of ether oxygens (including phenoxy) is 1. The van der Waals surface area contributed by atoms with Crippen molar-refractivity contribution in [2.24, 2.45) is 0 Å². The molecule has 0 saturated carbocycles. The summed E-state index contributed by atoms with van der Waals surface area (Å²) in [7, 11) is 0. The van der Waals surface area contributed by atoms with Gasteiger partial charge in [0.05, 0.1) is 11.8 Å². The summed E-state index contributed by atoms with van der Waals surface area (Å²) in [5, 5.41) is 6.67. The Morgan fingerprint density at radius 1 is 1.42 bits per heavy atom. The first-order chi connectivity index (χ1) is 9.25. The van der Waals surface area contributed by atoms with Crippen LogP contribution in [0.15, 0.2) is 16.6 Å². The highest BCUT2D eigenvalue weighted by Crippen LogP contribution is 2.16. The van der Waals surface area contributed by atoms with Crippen molar-refractivity contribution < 1.29 is 4.74 Å². The molecule has 19 heavy (non-hydrogen) atoms. The summed E-state index contributed by atoms with van der Waals surface area (Å²) in [6.45, 7) is 5.90. The third kappa shape index (κ3) is 5.09. The number of hydrogen-bond donors (Lipinski definition) is 2. The second-order valence-corrected chi connectivity index (χ2v) is 5.72. The molecule has 0 bridgehead atoms. The van der Waals surface area contributed by atoms with Crippen molar-refractivity contribution in [1.82, 2.24) is 10.3 Å². The van der Waals surface area contributed by atoms with Gasteiger partial charge in [-0.3, -0.25) is 0 Å². The molecule has 1 aliphatic heterocycles. The minimum absolute atomic E-state index is 0.453. The topological polar surface area (TPSA) is 46.2 Å². The standard InChI is InChI=1S/C14H22BrN3O/c1-11-13(15)3-4-14(18-11)17-7-2-10-19-12-5-8-16-9-6-12/h3-4,12,16H,2,5-10H2,1H3,(H,17,18). The first-order valence-electron chi connectivity index (χ1n) is 6.95. The molecule has 0 radical (unpaired) electrons. The summed E-state index contributed by atoms with van der Waals surface area (Å²) in [5.41, 5.74) is 1.01. The van der Waals surface area contributed by atoms with Gasteiger partial charge in [-0.2, -0.15) is 0 Å².